The standard InChI is InChI=1S/C15H18N2O4S/c1-8-3-4-9(2)11(5-8)17-13(18)6-12(14(17)19)22-7-10(16)15(20)21/h3-5,10,12H,6-7,16H2,1-2H3,(H,20,21)/t10-,12+/m0/s1. The molecule has 0 unspecified atom stereocenters. The number of carbonyl (C=O) groups excluding carboxylic acids is 2. The molecule has 1 aliphatic rings. The molecule has 1 aromatic carbocycles. The number of carboxylic acids is 1. The summed E-state index contributed by atoms with van der Waals surface area (Å²) in [6.07, 6.45) is 0.0726. The largest absolute Gasteiger partial charge is 0.480 e. The number of carboxylic acid groups (broad SMARTS) is 1. The van der Waals surface area contributed by atoms with Gasteiger partial charge in [-0.25, -0.2) is 4.90 Å². The van der Waals surface area contributed by atoms with E-state index in [1.165, 1.54) is 4.90 Å². The molecule has 1 saturated heterocycles. The number of hydrogen-bond donors (Lipinski definition) is 2. The van der Waals surface area contributed by atoms with Crippen molar-refractivity contribution in [1.82, 2.24) is 0 Å². The molecule has 118 valence electrons. The van der Waals surface area contributed by atoms with Gasteiger partial charge >= 0.3 is 5.97 Å². The summed E-state index contributed by atoms with van der Waals surface area (Å²) in [6.45, 7) is 3.74. The summed E-state index contributed by atoms with van der Waals surface area (Å²) < 4.78 is 0. The Balaban J connectivity index is 2.15. The minimum absolute atomic E-state index is 0.0726. The van der Waals surface area contributed by atoms with E-state index in [9.17, 15) is 14.4 Å². The molecular formula is C15H18N2O4S. The second kappa shape index (κ2) is 6.50. The highest BCUT2D eigenvalue weighted by atomic mass is 32.2. The van der Waals surface area contributed by atoms with Gasteiger partial charge in [0.25, 0.3) is 0 Å². The van der Waals surface area contributed by atoms with Gasteiger partial charge in [0.2, 0.25) is 11.8 Å². The summed E-state index contributed by atoms with van der Waals surface area (Å²) in [4.78, 5) is 36.6. The number of benzene rings is 1. The van der Waals surface area contributed by atoms with Crippen LogP contribution in [0.1, 0.15) is 17.5 Å². The van der Waals surface area contributed by atoms with E-state index >= 15 is 0 Å². The minimum atomic E-state index is -1.12. The summed E-state index contributed by atoms with van der Waals surface area (Å²) in [5.41, 5.74) is 7.84. The summed E-state index contributed by atoms with van der Waals surface area (Å²) in [5.74, 6) is -1.59. The third kappa shape index (κ3) is 3.31. The van der Waals surface area contributed by atoms with Gasteiger partial charge in [0.05, 0.1) is 10.9 Å². The maximum Gasteiger partial charge on any atom is 0.321 e. The van der Waals surface area contributed by atoms with Gasteiger partial charge < -0.3 is 10.8 Å². The Labute approximate surface area is 132 Å². The quantitative estimate of drug-likeness (QED) is 0.787. The van der Waals surface area contributed by atoms with Crippen LogP contribution in [0, 0.1) is 13.8 Å². The van der Waals surface area contributed by atoms with E-state index in [1.807, 2.05) is 26.0 Å². The van der Waals surface area contributed by atoms with Gasteiger partial charge in [-0.3, -0.25) is 14.4 Å². The van der Waals surface area contributed by atoms with Crippen LogP contribution in [-0.4, -0.2) is 39.9 Å². The average Bonchev–Trinajstić information content (AvgIpc) is 2.73. The maximum absolute atomic E-state index is 12.5. The lowest BCUT2D eigenvalue weighted by molar-refractivity contribution is -0.138. The van der Waals surface area contributed by atoms with Crippen LogP contribution in [0.3, 0.4) is 0 Å². The first kappa shape index (κ1) is 16.5. The van der Waals surface area contributed by atoms with Gasteiger partial charge in [0, 0.05) is 12.2 Å². The van der Waals surface area contributed by atoms with Crippen molar-refractivity contribution in [2.75, 3.05) is 10.7 Å². The van der Waals surface area contributed by atoms with Gasteiger partial charge in [0.15, 0.2) is 0 Å². The SMILES string of the molecule is Cc1ccc(C)c(N2C(=O)C[C@@H](SC[C@H](N)C(=O)O)C2=O)c1. The fourth-order valence-electron chi connectivity index (χ4n) is 2.24. The third-order valence-electron chi connectivity index (χ3n) is 3.50. The van der Waals surface area contributed by atoms with Gasteiger partial charge in [0.1, 0.15) is 6.04 Å². The zero-order chi connectivity index (χ0) is 16.4. The number of nitrogens with zero attached hydrogens (tertiary/aromatic N) is 1. The molecule has 1 aromatic rings. The van der Waals surface area contributed by atoms with Crippen LogP contribution in [0.25, 0.3) is 0 Å². The molecule has 2 amide bonds. The highest BCUT2D eigenvalue weighted by Crippen LogP contribution is 2.32. The molecule has 1 heterocycles. The number of nitrogens with two attached hydrogens (primary N) is 1. The first-order chi connectivity index (χ1) is 10.3. The average molecular weight is 322 g/mol. The van der Waals surface area contributed by atoms with Crippen molar-refractivity contribution >= 4 is 35.2 Å². The smallest absolute Gasteiger partial charge is 0.321 e. The monoisotopic (exact) mass is 322 g/mol. The molecule has 6 nitrogen and oxygen atoms in total. The van der Waals surface area contributed by atoms with Crippen molar-refractivity contribution < 1.29 is 19.5 Å². The van der Waals surface area contributed by atoms with E-state index in [1.54, 1.807) is 6.07 Å². The Hall–Kier alpha value is -1.86. The van der Waals surface area contributed by atoms with Crippen molar-refractivity contribution in [2.45, 2.75) is 31.6 Å². The van der Waals surface area contributed by atoms with Gasteiger partial charge in [-0.15, -0.1) is 11.8 Å². The Kier molecular flexibility index (Phi) is 4.87. The van der Waals surface area contributed by atoms with Crippen molar-refractivity contribution in [3.63, 3.8) is 0 Å². The van der Waals surface area contributed by atoms with Crippen LogP contribution in [0.15, 0.2) is 18.2 Å². The first-order valence-corrected chi connectivity index (χ1v) is 7.90. The number of rotatable bonds is 5. The summed E-state index contributed by atoms with van der Waals surface area (Å²) in [7, 11) is 0. The molecule has 0 saturated carbocycles. The van der Waals surface area contributed by atoms with E-state index in [0.29, 0.717) is 5.69 Å². The van der Waals surface area contributed by atoms with E-state index < -0.39 is 17.3 Å². The Morgan fingerprint density at radius 3 is 2.77 bits per heavy atom. The van der Waals surface area contributed by atoms with Crippen LogP contribution >= 0.6 is 11.8 Å². The van der Waals surface area contributed by atoms with Crippen molar-refractivity contribution in [1.29, 1.82) is 0 Å². The second-order valence-electron chi connectivity index (χ2n) is 5.33. The zero-order valence-corrected chi connectivity index (χ0v) is 13.2. The van der Waals surface area contributed by atoms with Crippen LogP contribution in [0.2, 0.25) is 0 Å². The predicted octanol–water partition coefficient (Wildman–Crippen LogP) is 1.08. The first-order valence-electron chi connectivity index (χ1n) is 6.85. The molecule has 1 aliphatic heterocycles. The lowest BCUT2D eigenvalue weighted by Crippen LogP contribution is -2.35. The Morgan fingerprint density at radius 1 is 1.45 bits per heavy atom. The molecule has 3 N–H and O–H groups in total. The molecule has 0 aliphatic carbocycles. The van der Waals surface area contributed by atoms with Crippen molar-refractivity contribution in [3.8, 4) is 0 Å². The molecule has 2 rings (SSSR count). The lowest BCUT2D eigenvalue weighted by atomic mass is 10.1. The number of amides is 2. The van der Waals surface area contributed by atoms with E-state index in [0.717, 1.165) is 22.9 Å². The maximum atomic E-state index is 12.5. The predicted molar refractivity (Wildman–Crippen MR) is 84.9 cm³/mol. The molecule has 0 radical (unpaired) electrons. The van der Waals surface area contributed by atoms with Gasteiger partial charge in [-0.2, -0.15) is 0 Å². The number of thioether (sulfide) groups is 1. The van der Waals surface area contributed by atoms with Crippen LogP contribution in [-0.2, 0) is 14.4 Å². The van der Waals surface area contributed by atoms with Gasteiger partial charge in [-0.05, 0) is 31.0 Å². The highest BCUT2D eigenvalue weighted by Gasteiger charge is 2.40. The number of hydrogen-bond acceptors (Lipinski definition) is 5. The number of aryl methyl sites for hydroxylation is 2. The molecule has 7 heteroatoms. The fourth-order valence-corrected chi connectivity index (χ4v) is 3.33. The topological polar surface area (TPSA) is 101 Å². The summed E-state index contributed by atoms with van der Waals surface area (Å²) >= 11 is 1.12. The molecule has 0 bridgehead atoms. The molecule has 0 spiro atoms. The number of carbonyl (C=O) groups is 3. The van der Waals surface area contributed by atoms with Crippen molar-refractivity contribution in [3.05, 3.63) is 29.3 Å². The third-order valence-corrected chi connectivity index (χ3v) is 4.83. The highest BCUT2D eigenvalue weighted by molar-refractivity contribution is 8.00. The van der Waals surface area contributed by atoms with Crippen LogP contribution < -0.4 is 10.6 Å². The van der Waals surface area contributed by atoms with Crippen LogP contribution in [0.5, 0.6) is 0 Å². The zero-order valence-electron chi connectivity index (χ0n) is 12.4. The normalized spacial score (nSPS) is 19.6. The second-order valence-corrected chi connectivity index (χ2v) is 6.56. The summed E-state index contributed by atoms with van der Waals surface area (Å²) in [5, 5.41) is 8.20. The minimum Gasteiger partial charge on any atom is -0.480 e. The van der Waals surface area contributed by atoms with E-state index in [-0.39, 0.29) is 24.0 Å². The van der Waals surface area contributed by atoms with Crippen molar-refractivity contribution in [2.24, 2.45) is 5.73 Å². The Morgan fingerprint density at radius 2 is 2.14 bits per heavy atom. The van der Waals surface area contributed by atoms with Crippen LogP contribution in [0.4, 0.5) is 5.69 Å². The molecule has 1 fully saturated rings. The number of imide groups is 1. The Bertz CT molecular complexity index is 632. The van der Waals surface area contributed by atoms with Gasteiger partial charge in [-0.1, -0.05) is 12.1 Å². The lowest BCUT2D eigenvalue weighted by Gasteiger charge is -2.18. The van der Waals surface area contributed by atoms with E-state index in [4.69, 9.17) is 10.8 Å². The molecule has 0 aromatic heterocycles. The summed E-state index contributed by atoms with van der Waals surface area (Å²) in [6, 6.07) is 4.55. The molecule has 2 atom stereocenters. The molecular weight excluding hydrogens is 304 g/mol. The fraction of sp³-hybridized carbons (Fsp3) is 0.400. The van der Waals surface area contributed by atoms with E-state index in [2.05, 4.69) is 0 Å². The molecule has 22 heavy (non-hydrogen) atoms. The number of anilines is 1. The number of aliphatic carboxylic acids is 1.